The predicted octanol–water partition coefficient (Wildman–Crippen LogP) is 4.72. The minimum Gasteiger partial charge on any atom is -0.350 e. The number of rotatable bonds is 5. The van der Waals surface area contributed by atoms with Crippen LogP contribution in [0.4, 0.5) is 4.39 Å². The van der Waals surface area contributed by atoms with E-state index in [2.05, 4.69) is 5.32 Å². The van der Waals surface area contributed by atoms with Gasteiger partial charge in [0.15, 0.2) is 0 Å². The van der Waals surface area contributed by atoms with E-state index >= 15 is 0 Å². The molecule has 0 aliphatic rings. The quantitative estimate of drug-likeness (QED) is 0.550. The lowest BCUT2D eigenvalue weighted by molar-refractivity contribution is -0.124. The highest BCUT2D eigenvalue weighted by Crippen LogP contribution is 2.29. The zero-order valence-electron chi connectivity index (χ0n) is 15.5. The molecule has 0 fully saturated rings. The summed E-state index contributed by atoms with van der Waals surface area (Å²) < 4.78 is 14.8. The molecule has 1 amide bonds. The molecule has 4 aromatic rings. The second kappa shape index (κ2) is 7.64. The Labute approximate surface area is 162 Å². The van der Waals surface area contributed by atoms with Crippen LogP contribution in [0.25, 0.3) is 22.2 Å². The number of carbonyl (C=O) groups is 1. The largest absolute Gasteiger partial charge is 0.350 e. The summed E-state index contributed by atoms with van der Waals surface area (Å²) in [6.45, 7) is 2.17. The lowest BCUT2D eigenvalue weighted by atomic mass is 10.1. The van der Waals surface area contributed by atoms with Crippen LogP contribution in [0, 0.1) is 5.82 Å². The topological polar surface area (TPSA) is 46.9 Å². The fourth-order valence-corrected chi connectivity index (χ4v) is 3.24. The molecule has 0 unspecified atom stereocenters. The summed E-state index contributed by atoms with van der Waals surface area (Å²) in [7, 11) is 0. The molecule has 0 aliphatic carbocycles. The Kier molecular flexibility index (Phi) is 4.89. The summed E-state index contributed by atoms with van der Waals surface area (Å²) >= 11 is 0. The number of amides is 1. The van der Waals surface area contributed by atoms with Crippen LogP contribution in [0.3, 0.4) is 0 Å². The van der Waals surface area contributed by atoms with Crippen LogP contribution in [0.15, 0.2) is 78.9 Å². The number of halogens is 1. The zero-order chi connectivity index (χ0) is 19.5. The van der Waals surface area contributed by atoms with Crippen molar-refractivity contribution in [2.75, 3.05) is 0 Å². The molecule has 4 nitrogen and oxygen atoms in total. The Balaban J connectivity index is 1.61. The van der Waals surface area contributed by atoms with E-state index in [1.54, 1.807) is 16.8 Å². The Bertz CT molecular complexity index is 1100. The number of nitrogens with zero attached hydrogens (tertiary/aromatic N) is 2. The first kappa shape index (κ1) is 17.9. The molecule has 5 heteroatoms. The first-order valence-electron chi connectivity index (χ1n) is 9.18. The third-order valence-corrected chi connectivity index (χ3v) is 4.79. The Hall–Kier alpha value is -3.47. The van der Waals surface area contributed by atoms with Gasteiger partial charge in [0, 0.05) is 17.5 Å². The Morgan fingerprint density at radius 3 is 2.43 bits per heavy atom. The van der Waals surface area contributed by atoms with E-state index in [9.17, 15) is 9.18 Å². The fraction of sp³-hybridized carbons (Fsp3) is 0.130. The molecule has 1 heterocycles. The summed E-state index contributed by atoms with van der Waals surface area (Å²) in [5.74, 6) is -0.433. The highest BCUT2D eigenvalue weighted by atomic mass is 19.1. The number of para-hydroxylation sites is 1. The van der Waals surface area contributed by atoms with Gasteiger partial charge in [0.1, 0.15) is 17.6 Å². The minimum atomic E-state index is -0.484. The first-order valence-corrected chi connectivity index (χ1v) is 9.18. The molecule has 28 heavy (non-hydrogen) atoms. The van der Waals surface area contributed by atoms with Crippen LogP contribution < -0.4 is 5.32 Å². The van der Waals surface area contributed by atoms with Gasteiger partial charge in [-0.15, -0.1) is 0 Å². The maximum Gasteiger partial charge on any atom is 0.244 e. The van der Waals surface area contributed by atoms with Gasteiger partial charge in [-0.3, -0.25) is 9.48 Å². The van der Waals surface area contributed by atoms with Crippen molar-refractivity contribution < 1.29 is 9.18 Å². The van der Waals surface area contributed by atoms with E-state index in [1.165, 1.54) is 12.1 Å². The molecule has 0 radical (unpaired) electrons. The second-order valence-electron chi connectivity index (χ2n) is 6.70. The molecular weight excluding hydrogens is 353 g/mol. The molecule has 3 aromatic carbocycles. The van der Waals surface area contributed by atoms with E-state index in [1.807, 2.05) is 61.5 Å². The fourth-order valence-electron chi connectivity index (χ4n) is 3.24. The van der Waals surface area contributed by atoms with Gasteiger partial charge < -0.3 is 5.32 Å². The summed E-state index contributed by atoms with van der Waals surface area (Å²) in [6, 6.07) is 23.5. The lowest BCUT2D eigenvalue weighted by Crippen LogP contribution is -2.31. The van der Waals surface area contributed by atoms with Crippen molar-refractivity contribution in [1.29, 1.82) is 0 Å². The van der Waals surface area contributed by atoms with Gasteiger partial charge in [0.25, 0.3) is 0 Å². The smallest absolute Gasteiger partial charge is 0.244 e. The van der Waals surface area contributed by atoms with Crippen LogP contribution in [0.1, 0.15) is 18.5 Å². The normalized spacial score (nSPS) is 12.1. The molecular formula is C23H20FN3O. The van der Waals surface area contributed by atoms with Crippen molar-refractivity contribution in [3.63, 3.8) is 0 Å². The number of carbonyl (C=O) groups excluding carboxylic acids is 1. The molecule has 0 bridgehead atoms. The van der Waals surface area contributed by atoms with E-state index in [-0.39, 0.29) is 11.7 Å². The van der Waals surface area contributed by atoms with Crippen molar-refractivity contribution in [2.45, 2.75) is 19.5 Å². The number of fused-ring (bicyclic) bond motifs is 1. The van der Waals surface area contributed by atoms with E-state index < -0.39 is 6.04 Å². The van der Waals surface area contributed by atoms with Crippen LogP contribution in [0.2, 0.25) is 0 Å². The monoisotopic (exact) mass is 373 g/mol. The van der Waals surface area contributed by atoms with Crippen LogP contribution in [-0.4, -0.2) is 15.7 Å². The number of benzene rings is 3. The third-order valence-electron chi connectivity index (χ3n) is 4.79. The molecule has 1 aromatic heterocycles. The average Bonchev–Trinajstić information content (AvgIpc) is 3.13. The first-order chi connectivity index (χ1) is 13.6. The number of hydrogen-bond acceptors (Lipinski definition) is 2. The van der Waals surface area contributed by atoms with Crippen LogP contribution in [-0.2, 0) is 11.3 Å². The average molecular weight is 373 g/mol. The standard InChI is InChI=1S/C23H20FN3O/c1-16(23(28)25-15-17-11-13-19(24)14-12-17)27-21-10-6-5-9-20(21)22(26-27)18-7-3-2-4-8-18/h2-14,16H,15H2,1H3,(H,25,28)/t16-/m1/s1. The molecule has 1 atom stereocenters. The van der Waals surface area contributed by atoms with E-state index in [0.29, 0.717) is 6.54 Å². The summed E-state index contributed by atoms with van der Waals surface area (Å²) in [5, 5.41) is 8.67. The van der Waals surface area contributed by atoms with Gasteiger partial charge in [-0.2, -0.15) is 5.10 Å². The second-order valence-corrected chi connectivity index (χ2v) is 6.70. The van der Waals surface area contributed by atoms with Gasteiger partial charge in [-0.25, -0.2) is 4.39 Å². The highest BCUT2D eigenvalue weighted by Gasteiger charge is 2.20. The van der Waals surface area contributed by atoms with E-state index in [4.69, 9.17) is 5.10 Å². The van der Waals surface area contributed by atoms with Crippen molar-refractivity contribution in [1.82, 2.24) is 15.1 Å². The minimum absolute atomic E-state index is 0.141. The summed E-state index contributed by atoms with van der Waals surface area (Å²) in [4.78, 5) is 12.7. The maximum atomic E-state index is 13.0. The molecule has 4 rings (SSSR count). The molecule has 140 valence electrons. The van der Waals surface area contributed by atoms with Crippen LogP contribution in [0.5, 0.6) is 0 Å². The third kappa shape index (κ3) is 3.51. The summed E-state index contributed by atoms with van der Waals surface area (Å²) in [6.07, 6.45) is 0. The van der Waals surface area contributed by atoms with Gasteiger partial charge in [0.2, 0.25) is 5.91 Å². The Morgan fingerprint density at radius 1 is 1.00 bits per heavy atom. The molecule has 1 N–H and O–H groups in total. The van der Waals surface area contributed by atoms with Crippen molar-refractivity contribution in [3.05, 3.63) is 90.2 Å². The van der Waals surface area contributed by atoms with Gasteiger partial charge in [-0.05, 0) is 30.7 Å². The molecule has 0 aliphatic heterocycles. The van der Waals surface area contributed by atoms with Crippen LogP contribution >= 0.6 is 0 Å². The van der Waals surface area contributed by atoms with E-state index in [0.717, 1.165) is 27.7 Å². The number of nitrogens with one attached hydrogen (secondary N) is 1. The number of hydrogen-bond donors (Lipinski definition) is 1. The SMILES string of the molecule is C[C@H](C(=O)NCc1ccc(F)cc1)n1nc(-c2ccccc2)c2ccccc21. The molecule has 0 saturated heterocycles. The van der Waals surface area contributed by atoms with Crippen molar-refractivity contribution in [3.8, 4) is 11.3 Å². The molecule has 0 spiro atoms. The van der Waals surface area contributed by atoms with Gasteiger partial charge >= 0.3 is 0 Å². The maximum absolute atomic E-state index is 13.0. The number of aromatic nitrogens is 2. The predicted molar refractivity (Wildman–Crippen MR) is 108 cm³/mol. The van der Waals surface area contributed by atoms with Gasteiger partial charge in [-0.1, -0.05) is 60.7 Å². The zero-order valence-corrected chi connectivity index (χ0v) is 15.5. The summed E-state index contributed by atoms with van der Waals surface area (Å²) in [5.41, 5.74) is 3.62. The highest BCUT2D eigenvalue weighted by molar-refractivity contribution is 5.94. The molecule has 0 saturated carbocycles. The Morgan fingerprint density at radius 2 is 1.68 bits per heavy atom. The van der Waals surface area contributed by atoms with Crippen molar-refractivity contribution in [2.24, 2.45) is 0 Å². The van der Waals surface area contributed by atoms with Gasteiger partial charge in [0.05, 0.1) is 5.52 Å². The lowest BCUT2D eigenvalue weighted by Gasteiger charge is -2.14. The van der Waals surface area contributed by atoms with Crippen molar-refractivity contribution >= 4 is 16.8 Å².